The molecule has 21 heavy (non-hydrogen) atoms. The fraction of sp³-hybridized carbons (Fsp3) is 0.235. The highest BCUT2D eigenvalue weighted by Crippen LogP contribution is 2.20. The summed E-state index contributed by atoms with van der Waals surface area (Å²) in [5.74, 6) is 1.31. The van der Waals surface area contributed by atoms with E-state index in [9.17, 15) is 4.79 Å². The van der Waals surface area contributed by atoms with Gasteiger partial charge in [0.25, 0.3) is 0 Å². The van der Waals surface area contributed by atoms with Crippen LogP contribution in [0, 0.1) is 0 Å². The molecule has 1 N–H and O–H groups in total. The first-order valence-electron chi connectivity index (χ1n) is 6.89. The van der Waals surface area contributed by atoms with Crippen molar-refractivity contribution in [2.45, 2.75) is 19.4 Å². The predicted molar refractivity (Wildman–Crippen MR) is 81.9 cm³/mol. The molecule has 0 saturated heterocycles. The van der Waals surface area contributed by atoms with Crippen LogP contribution in [-0.4, -0.2) is 13.0 Å². The van der Waals surface area contributed by atoms with E-state index in [4.69, 9.17) is 9.15 Å². The number of furan rings is 1. The molecule has 1 aromatic carbocycles. The van der Waals surface area contributed by atoms with Gasteiger partial charge in [-0.15, -0.1) is 0 Å². The van der Waals surface area contributed by atoms with E-state index in [2.05, 4.69) is 5.32 Å². The van der Waals surface area contributed by atoms with Crippen LogP contribution in [0.3, 0.4) is 0 Å². The van der Waals surface area contributed by atoms with Crippen LogP contribution in [0.15, 0.2) is 53.2 Å². The van der Waals surface area contributed by atoms with E-state index in [1.165, 1.54) is 6.08 Å². The summed E-state index contributed by atoms with van der Waals surface area (Å²) >= 11 is 0. The van der Waals surface area contributed by atoms with Crippen LogP contribution in [0.2, 0.25) is 0 Å². The Labute approximate surface area is 124 Å². The summed E-state index contributed by atoms with van der Waals surface area (Å²) in [5, 5.41) is 2.97. The molecule has 110 valence electrons. The lowest BCUT2D eigenvalue weighted by molar-refractivity contribution is -0.117. The van der Waals surface area contributed by atoms with Gasteiger partial charge in [-0.25, -0.2) is 0 Å². The van der Waals surface area contributed by atoms with E-state index in [-0.39, 0.29) is 11.9 Å². The summed E-state index contributed by atoms with van der Waals surface area (Å²) in [4.78, 5) is 11.9. The lowest BCUT2D eigenvalue weighted by Crippen LogP contribution is -2.26. The number of ether oxygens (including phenoxy) is 1. The van der Waals surface area contributed by atoms with Crippen LogP contribution in [-0.2, 0) is 4.79 Å². The third-order valence-electron chi connectivity index (χ3n) is 3.19. The van der Waals surface area contributed by atoms with Crippen molar-refractivity contribution in [2.24, 2.45) is 0 Å². The van der Waals surface area contributed by atoms with Gasteiger partial charge in [0.05, 0.1) is 19.4 Å². The fourth-order valence-corrected chi connectivity index (χ4v) is 2.02. The molecular formula is C17H19NO3. The number of hydrogen-bond acceptors (Lipinski definition) is 3. The highest BCUT2D eigenvalue weighted by molar-refractivity contribution is 5.91. The Hall–Kier alpha value is -2.49. The van der Waals surface area contributed by atoms with Crippen LogP contribution < -0.4 is 10.1 Å². The molecule has 2 rings (SSSR count). The summed E-state index contributed by atoms with van der Waals surface area (Å²) in [6, 6.07) is 11.3. The predicted octanol–water partition coefficient (Wildman–Crippen LogP) is 3.57. The number of carbonyl (C=O) groups is 1. The third-order valence-corrected chi connectivity index (χ3v) is 3.19. The zero-order valence-corrected chi connectivity index (χ0v) is 12.2. The minimum atomic E-state index is -0.144. The van der Waals surface area contributed by atoms with Crippen molar-refractivity contribution in [2.75, 3.05) is 7.11 Å². The van der Waals surface area contributed by atoms with Gasteiger partial charge in [-0.05, 0) is 42.3 Å². The average molecular weight is 285 g/mol. The molecule has 0 saturated carbocycles. The second-order valence-electron chi connectivity index (χ2n) is 4.59. The zero-order chi connectivity index (χ0) is 15.1. The first-order valence-corrected chi connectivity index (χ1v) is 6.89. The first-order chi connectivity index (χ1) is 10.2. The maximum absolute atomic E-state index is 11.9. The summed E-state index contributed by atoms with van der Waals surface area (Å²) < 4.78 is 10.3. The quantitative estimate of drug-likeness (QED) is 0.825. The Kier molecular flexibility index (Phi) is 5.21. The van der Waals surface area contributed by atoms with Crippen molar-refractivity contribution < 1.29 is 13.9 Å². The molecule has 1 amide bonds. The number of benzene rings is 1. The fourth-order valence-electron chi connectivity index (χ4n) is 2.02. The van der Waals surface area contributed by atoms with E-state index in [1.54, 1.807) is 31.6 Å². The largest absolute Gasteiger partial charge is 0.497 e. The second-order valence-corrected chi connectivity index (χ2v) is 4.59. The molecule has 0 fully saturated rings. The number of amides is 1. The van der Waals surface area contributed by atoms with E-state index in [0.717, 1.165) is 17.7 Å². The van der Waals surface area contributed by atoms with Crippen molar-refractivity contribution in [3.05, 3.63) is 60.1 Å². The van der Waals surface area contributed by atoms with Gasteiger partial charge in [-0.2, -0.15) is 0 Å². The molecule has 2 aromatic rings. The number of methoxy groups -OCH3 is 1. The van der Waals surface area contributed by atoms with Crippen molar-refractivity contribution in [3.63, 3.8) is 0 Å². The molecule has 1 heterocycles. The molecule has 0 spiro atoms. The molecule has 4 nitrogen and oxygen atoms in total. The van der Waals surface area contributed by atoms with Gasteiger partial charge in [0, 0.05) is 6.08 Å². The molecule has 0 bridgehead atoms. The van der Waals surface area contributed by atoms with Crippen molar-refractivity contribution in [3.8, 4) is 5.75 Å². The molecular weight excluding hydrogens is 266 g/mol. The Morgan fingerprint density at radius 3 is 2.67 bits per heavy atom. The Bertz CT molecular complexity index is 585. The minimum Gasteiger partial charge on any atom is -0.497 e. The highest BCUT2D eigenvalue weighted by atomic mass is 16.5. The second kappa shape index (κ2) is 7.33. The Morgan fingerprint density at radius 2 is 2.10 bits per heavy atom. The Morgan fingerprint density at radius 1 is 1.33 bits per heavy atom. The first kappa shape index (κ1) is 14.9. The number of nitrogens with one attached hydrogen (secondary N) is 1. The SMILES string of the molecule is CC[C@@H](NC(=O)/C=C/c1ccco1)c1ccc(OC)cc1. The molecule has 0 aliphatic carbocycles. The number of carbonyl (C=O) groups excluding carboxylic acids is 1. The maximum atomic E-state index is 11.9. The lowest BCUT2D eigenvalue weighted by Gasteiger charge is -2.16. The maximum Gasteiger partial charge on any atom is 0.244 e. The molecule has 1 atom stereocenters. The summed E-state index contributed by atoms with van der Waals surface area (Å²) in [6.07, 6.45) is 5.51. The molecule has 0 aliphatic rings. The van der Waals surface area contributed by atoms with Gasteiger partial charge in [0.1, 0.15) is 11.5 Å². The van der Waals surface area contributed by atoms with Crippen molar-refractivity contribution in [1.82, 2.24) is 5.32 Å². The Balaban J connectivity index is 1.99. The van der Waals surface area contributed by atoms with Gasteiger partial charge in [-0.3, -0.25) is 4.79 Å². The molecule has 0 aliphatic heterocycles. The summed E-state index contributed by atoms with van der Waals surface area (Å²) in [6.45, 7) is 2.03. The topological polar surface area (TPSA) is 51.5 Å². The average Bonchev–Trinajstić information content (AvgIpc) is 3.04. The van der Waals surface area contributed by atoms with Gasteiger partial charge in [-0.1, -0.05) is 19.1 Å². The smallest absolute Gasteiger partial charge is 0.244 e. The van der Waals surface area contributed by atoms with Gasteiger partial charge in [0.2, 0.25) is 5.91 Å². The molecule has 1 aromatic heterocycles. The molecule has 0 unspecified atom stereocenters. The van der Waals surface area contributed by atoms with Gasteiger partial charge < -0.3 is 14.5 Å². The van der Waals surface area contributed by atoms with Crippen molar-refractivity contribution >= 4 is 12.0 Å². The van der Waals surface area contributed by atoms with Gasteiger partial charge >= 0.3 is 0 Å². The van der Waals surface area contributed by atoms with Crippen LogP contribution >= 0.6 is 0 Å². The van der Waals surface area contributed by atoms with Crippen LogP contribution in [0.5, 0.6) is 5.75 Å². The van der Waals surface area contributed by atoms with Crippen molar-refractivity contribution in [1.29, 1.82) is 0 Å². The number of hydrogen-bond donors (Lipinski definition) is 1. The minimum absolute atomic E-state index is 0.0235. The molecule has 4 heteroatoms. The molecule has 0 radical (unpaired) electrons. The monoisotopic (exact) mass is 285 g/mol. The van der Waals surface area contributed by atoms with E-state index < -0.39 is 0 Å². The lowest BCUT2D eigenvalue weighted by atomic mass is 10.0. The summed E-state index contributed by atoms with van der Waals surface area (Å²) in [5.41, 5.74) is 1.05. The number of rotatable bonds is 6. The highest BCUT2D eigenvalue weighted by Gasteiger charge is 2.11. The zero-order valence-electron chi connectivity index (χ0n) is 12.2. The van der Waals surface area contributed by atoms with Crippen LogP contribution in [0.4, 0.5) is 0 Å². The van der Waals surface area contributed by atoms with E-state index in [0.29, 0.717) is 5.76 Å². The third kappa shape index (κ3) is 4.24. The van der Waals surface area contributed by atoms with Gasteiger partial charge in [0.15, 0.2) is 0 Å². The van der Waals surface area contributed by atoms with E-state index >= 15 is 0 Å². The standard InChI is InChI=1S/C17H19NO3/c1-3-16(13-6-8-14(20-2)9-7-13)18-17(19)11-10-15-5-4-12-21-15/h4-12,16H,3H2,1-2H3,(H,18,19)/b11-10+/t16-/m1/s1. The van der Waals surface area contributed by atoms with Crippen LogP contribution in [0.1, 0.15) is 30.7 Å². The normalized spacial score (nSPS) is 12.3. The summed E-state index contributed by atoms with van der Waals surface area (Å²) in [7, 11) is 1.63. The van der Waals surface area contributed by atoms with Crippen LogP contribution in [0.25, 0.3) is 6.08 Å². The van der Waals surface area contributed by atoms with E-state index in [1.807, 2.05) is 31.2 Å².